The second-order valence-corrected chi connectivity index (χ2v) is 9.17. The maximum Gasteiger partial charge on any atom is 0.264 e. The molecular weight excluding hydrogens is 334 g/mol. The normalized spacial score (nSPS) is 12.6. The van der Waals surface area contributed by atoms with E-state index in [1.807, 2.05) is 0 Å². The molecule has 0 radical (unpaired) electrons. The van der Waals surface area contributed by atoms with Crippen LogP contribution in [-0.2, 0) is 10.1 Å². The third kappa shape index (κ3) is 14.7. The van der Waals surface area contributed by atoms with E-state index in [-0.39, 0.29) is 5.75 Å². The van der Waals surface area contributed by atoms with Gasteiger partial charge in [-0.1, -0.05) is 58.3 Å². The summed E-state index contributed by atoms with van der Waals surface area (Å²) in [6.07, 6.45) is 15.1. The summed E-state index contributed by atoms with van der Waals surface area (Å²) in [5.74, 6) is -0.0985. The van der Waals surface area contributed by atoms with Gasteiger partial charge in [0.25, 0.3) is 10.1 Å². The summed E-state index contributed by atoms with van der Waals surface area (Å²) >= 11 is 0. The van der Waals surface area contributed by atoms with E-state index < -0.39 is 10.1 Å². The second kappa shape index (κ2) is 15.0. The molecule has 0 unspecified atom stereocenters. The monoisotopic (exact) mass is 378 g/mol. The van der Waals surface area contributed by atoms with Gasteiger partial charge in [-0.15, -0.1) is 0 Å². The molecule has 0 aliphatic rings. The highest BCUT2D eigenvalue weighted by atomic mass is 32.2. The Bertz CT molecular complexity index is 392. The quantitative estimate of drug-likeness (QED) is 0.196. The van der Waals surface area contributed by atoms with Crippen LogP contribution < -0.4 is 0 Å². The Morgan fingerprint density at radius 3 is 1.44 bits per heavy atom. The van der Waals surface area contributed by atoms with Crippen molar-refractivity contribution in [3.05, 3.63) is 0 Å². The molecule has 4 nitrogen and oxygen atoms in total. The first-order chi connectivity index (χ1) is 11.9. The van der Waals surface area contributed by atoms with Crippen LogP contribution in [0.15, 0.2) is 0 Å². The summed E-state index contributed by atoms with van der Waals surface area (Å²) in [4.78, 5) is 0. The lowest BCUT2D eigenvalue weighted by molar-refractivity contribution is -0.925. The zero-order valence-electron chi connectivity index (χ0n) is 17.1. The molecule has 0 atom stereocenters. The fourth-order valence-corrected chi connectivity index (χ4v) is 4.20. The van der Waals surface area contributed by atoms with Gasteiger partial charge in [-0.25, -0.2) is 0 Å². The molecule has 152 valence electrons. The Hall–Kier alpha value is -0.130. The van der Waals surface area contributed by atoms with Crippen molar-refractivity contribution in [2.24, 2.45) is 0 Å². The predicted molar refractivity (Wildman–Crippen MR) is 109 cm³/mol. The summed E-state index contributed by atoms with van der Waals surface area (Å²) in [7, 11) is -3.80. The molecule has 0 rings (SSSR count). The molecule has 0 fully saturated rings. The highest BCUT2D eigenvalue weighted by Gasteiger charge is 2.22. The molecule has 25 heavy (non-hydrogen) atoms. The Balaban J connectivity index is 3.80. The van der Waals surface area contributed by atoms with Gasteiger partial charge < -0.3 is 4.48 Å². The zero-order valence-corrected chi connectivity index (χ0v) is 18.0. The molecule has 1 N–H and O–H groups in total. The number of hydrogen-bond acceptors (Lipinski definition) is 2. The lowest BCUT2D eigenvalue weighted by Crippen LogP contribution is -2.49. The van der Waals surface area contributed by atoms with Gasteiger partial charge in [0.1, 0.15) is 0 Å². The van der Waals surface area contributed by atoms with E-state index in [1.54, 1.807) is 0 Å². The number of nitrogens with zero attached hydrogens (tertiary/aromatic N) is 1. The van der Waals surface area contributed by atoms with Crippen LogP contribution >= 0.6 is 0 Å². The first kappa shape index (κ1) is 24.9. The minimum Gasteiger partial charge on any atom is -0.324 e. The van der Waals surface area contributed by atoms with Gasteiger partial charge in [0.05, 0.1) is 31.9 Å². The first-order valence-electron chi connectivity index (χ1n) is 10.7. The Kier molecular flexibility index (Phi) is 14.9. The van der Waals surface area contributed by atoms with Crippen molar-refractivity contribution < 1.29 is 17.5 Å². The van der Waals surface area contributed by atoms with E-state index in [1.165, 1.54) is 70.8 Å². The zero-order chi connectivity index (χ0) is 19.0. The van der Waals surface area contributed by atoms with E-state index in [0.29, 0.717) is 6.42 Å². The minimum absolute atomic E-state index is 0.0985. The summed E-state index contributed by atoms with van der Waals surface area (Å²) in [6, 6.07) is 0. The van der Waals surface area contributed by atoms with Crippen LogP contribution in [-0.4, -0.2) is 49.4 Å². The average molecular weight is 379 g/mol. The van der Waals surface area contributed by atoms with Gasteiger partial charge in [0.15, 0.2) is 0 Å². The number of hydrogen-bond donors (Lipinski definition) is 1. The van der Waals surface area contributed by atoms with Crippen molar-refractivity contribution in [2.75, 3.05) is 31.9 Å². The van der Waals surface area contributed by atoms with Crippen LogP contribution in [0.2, 0.25) is 0 Å². The number of quaternary nitrogens is 1. The van der Waals surface area contributed by atoms with E-state index >= 15 is 0 Å². The summed E-state index contributed by atoms with van der Waals surface area (Å²) in [6.45, 7) is 11.2. The smallest absolute Gasteiger partial charge is 0.264 e. The van der Waals surface area contributed by atoms with E-state index in [2.05, 4.69) is 20.8 Å². The third-order valence-electron chi connectivity index (χ3n) is 5.61. The molecule has 5 heteroatoms. The predicted octanol–water partition coefficient (Wildman–Crippen LogP) is 5.43. The second-order valence-electron chi connectivity index (χ2n) is 7.60. The van der Waals surface area contributed by atoms with Gasteiger partial charge in [-0.2, -0.15) is 8.42 Å². The van der Waals surface area contributed by atoms with Crippen molar-refractivity contribution in [1.82, 2.24) is 0 Å². The van der Waals surface area contributed by atoms with Crippen molar-refractivity contribution in [3.63, 3.8) is 0 Å². The Morgan fingerprint density at radius 1 is 0.640 bits per heavy atom. The molecule has 0 aromatic rings. The van der Waals surface area contributed by atoms with Crippen molar-refractivity contribution in [3.8, 4) is 0 Å². The molecular formula is C20H44NO3S+. The molecule has 0 aliphatic carbocycles. The standard InChI is InChI=1S/C20H43NO3S/c1-4-7-8-9-10-11-12-13-14-15-18-21(5-2,6-3)19-16-17-20-25(22,23)24/h4-20H2,1-3H3/p+1. The van der Waals surface area contributed by atoms with Crippen molar-refractivity contribution in [1.29, 1.82) is 0 Å². The first-order valence-corrected chi connectivity index (χ1v) is 12.3. The van der Waals surface area contributed by atoms with Crippen LogP contribution in [0.5, 0.6) is 0 Å². The number of rotatable bonds is 18. The topological polar surface area (TPSA) is 54.4 Å². The highest BCUT2D eigenvalue weighted by molar-refractivity contribution is 7.85. The molecule has 0 aromatic carbocycles. The number of unbranched alkanes of at least 4 members (excludes halogenated alkanes) is 10. The molecule has 0 aliphatic heterocycles. The largest absolute Gasteiger partial charge is 0.324 e. The lowest BCUT2D eigenvalue weighted by Gasteiger charge is -2.37. The fourth-order valence-electron chi connectivity index (χ4n) is 3.63. The van der Waals surface area contributed by atoms with Crippen LogP contribution in [0.4, 0.5) is 0 Å². The maximum absolute atomic E-state index is 10.8. The van der Waals surface area contributed by atoms with Gasteiger partial charge in [-0.3, -0.25) is 4.55 Å². The van der Waals surface area contributed by atoms with Crippen molar-refractivity contribution >= 4 is 10.1 Å². The summed E-state index contributed by atoms with van der Waals surface area (Å²) < 4.78 is 31.6. The molecule has 0 amide bonds. The van der Waals surface area contributed by atoms with E-state index in [4.69, 9.17) is 4.55 Å². The van der Waals surface area contributed by atoms with Crippen LogP contribution in [0, 0.1) is 0 Å². The fraction of sp³-hybridized carbons (Fsp3) is 1.00. The third-order valence-corrected chi connectivity index (χ3v) is 6.42. The molecule has 0 bridgehead atoms. The molecule has 0 aromatic heterocycles. The molecule has 0 spiro atoms. The van der Waals surface area contributed by atoms with Crippen LogP contribution in [0.25, 0.3) is 0 Å². The molecule has 0 saturated carbocycles. The average Bonchev–Trinajstić information content (AvgIpc) is 2.58. The van der Waals surface area contributed by atoms with Crippen molar-refractivity contribution in [2.45, 2.75) is 97.8 Å². The van der Waals surface area contributed by atoms with Crippen LogP contribution in [0.1, 0.15) is 97.8 Å². The summed E-state index contributed by atoms with van der Waals surface area (Å²) in [5.41, 5.74) is 0. The molecule has 0 saturated heterocycles. The summed E-state index contributed by atoms with van der Waals surface area (Å²) in [5, 5.41) is 0. The van der Waals surface area contributed by atoms with Crippen LogP contribution in [0.3, 0.4) is 0 Å². The Morgan fingerprint density at radius 2 is 1.04 bits per heavy atom. The Labute approximate surface area is 157 Å². The maximum atomic E-state index is 10.8. The lowest BCUT2D eigenvalue weighted by atomic mass is 10.1. The van der Waals surface area contributed by atoms with Gasteiger partial charge in [-0.05, 0) is 39.5 Å². The minimum atomic E-state index is -3.80. The highest BCUT2D eigenvalue weighted by Crippen LogP contribution is 2.15. The van der Waals surface area contributed by atoms with E-state index in [9.17, 15) is 8.42 Å². The van der Waals surface area contributed by atoms with Gasteiger partial charge in [0, 0.05) is 0 Å². The SMILES string of the molecule is CCCCCCCCCCCC[N+](CC)(CC)CCCCS(=O)(=O)O. The molecule has 0 heterocycles. The van der Waals surface area contributed by atoms with E-state index in [0.717, 1.165) is 30.5 Å². The van der Waals surface area contributed by atoms with Gasteiger partial charge in [0.2, 0.25) is 0 Å². The van der Waals surface area contributed by atoms with Gasteiger partial charge >= 0.3 is 0 Å².